The van der Waals surface area contributed by atoms with E-state index in [1.165, 1.54) is 0 Å². The van der Waals surface area contributed by atoms with Crippen LogP contribution in [-0.4, -0.2) is 43.5 Å². The van der Waals surface area contributed by atoms with Gasteiger partial charge in [0.15, 0.2) is 0 Å². The van der Waals surface area contributed by atoms with Crippen molar-refractivity contribution in [1.82, 2.24) is 5.32 Å². The molecule has 1 aliphatic rings. The first kappa shape index (κ1) is 14.7. The van der Waals surface area contributed by atoms with Gasteiger partial charge in [-0.15, -0.1) is 0 Å². The second-order valence-electron chi connectivity index (χ2n) is 4.88. The van der Waals surface area contributed by atoms with Gasteiger partial charge >= 0.3 is 0 Å². The number of anilines is 2. The highest BCUT2D eigenvalue weighted by Gasteiger charge is 2.23. The van der Waals surface area contributed by atoms with Crippen molar-refractivity contribution in [3.05, 3.63) is 24.3 Å². The largest absolute Gasteiger partial charge is 0.378 e. The molecule has 0 saturated carbocycles. The molecule has 1 aromatic carbocycles. The highest BCUT2D eigenvalue weighted by molar-refractivity contribution is 7.99. The second-order valence-corrected chi connectivity index (χ2v) is 6.03. The monoisotopic (exact) mass is 293 g/mol. The zero-order valence-corrected chi connectivity index (χ0v) is 12.5. The van der Waals surface area contributed by atoms with E-state index in [4.69, 9.17) is 0 Å². The summed E-state index contributed by atoms with van der Waals surface area (Å²) in [5.74, 6) is 1.17. The molecule has 2 rings (SSSR count). The number of benzene rings is 1. The van der Waals surface area contributed by atoms with Crippen LogP contribution in [0.3, 0.4) is 0 Å². The third-order valence-electron chi connectivity index (χ3n) is 3.06. The Hall–Kier alpha value is -1.69. The van der Waals surface area contributed by atoms with E-state index in [0.29, 0.717) is 12.2 Å². The molecule has 1 saturated heterocycles. The lowest BCUT2D eigenvalue weighted by atomic mass is 10.2. The molecule has 5 nitrogen and oxygen atoms in total. The molecule has 2 N–H and O–H groups in total. The minimum Gasteiger partial charge on any atom is -0.378 e. The van der Waals surface area contributed by atoms with Crippen LogP contribution in [-0.2, 0) is 9.59 Å². The van der Waals surface area contributed by atoms with E-state index in [-0.39, 0.29) is 11.8 Å². The lowest BCUT2D eigenvalue weighted by Gasteiger charge is -2.16. The summed E-state index contributed by atoms with van der Waals surface area (Å²) in [6, 6.07) is 7.15. The molecule has 0 radical (unpaired) electrons. The van der Waals surface area contributed by atoms with E-state index < -0.39 is 6.04 Å². The lowest BCUT2D eigenvalue weighted by molar-refractivity contribution is -0.125. The number of hydrogen-bond donors (Lipinski definition) is 2. The molecular formula is C14H19N3O2S. The number of nitrogens with zero attached hydrogens (tertiary/aromatic N) is 1. The fraction of sp³-hybridized carbons (Fsp3) is 0.429. The Kier molecular flexibility index (Phi) is 4.89. The van der Waals surface area contributed by atoms with E-state index in [2.05, 4.69) is 10.6 Å². The summed E-state index contributed by atoms with van der Waals surface area (Å²) in [7, 11) is 3.93. The Morgan fingerprint density at radius 1 is 1.35 bits per heavy atom. The summed E-state index contributed by atoms with van der Waals surface area (Å²) >= 11 is 1.62. The Morgan fingerprint density at radius 3 is 2.70 bits per heavy atom. The molecule has 2 amide bonds. The first-order chi connectivity index (χ1) is 9.56. The van der Waals surface area contributed by atoms with Crippen molar-refractivity contribution in [3.63, 3.8) is 0 Å². The van der Waals surface area contributed by atoms with Crippen molar-refractivity contribution in [2.24, 2.45) is 0 Å². The number of rotatable bonds is 3. The summed E-state index contributed by atoms with van der Waals surface area (Å²) in [4.78, 5) is 25.6. The summed E-state index contributed by atoms with van der Waals surface area (Å²) in [5, 5.41) is 5.59. The van der Waals surface area contributed by atoms with E-state index in [0.717, 1.165) is 17.1 Å². The van der Waals surface area contributed by atoms with Gasteiger partial charge in [0.05, 0.1) is 0 Å². The molecule has 108 valence electrons. The zero-order valence-electron chi connectivity index (χ0n) is 11.7. The van der Waals surface area contributed by atoms with Gasteiger partial charge in [-0.1, -0.05) is 0 Å². The van der Waals surface area contributed by atoms with Crippen molar-refractivity contribution in [2.75, 3.05) is 35.8 Å². The molecule has 1 heterocycles. The Bertz CT molecular complexity index is 488. The molecule has 6 heteroatoms. The van der Waals surface area contributed by atoms with Gasteiger partial charge in [0.25, 0.3) is 0 Å². The lowest BCUT2D eigenvalue weighted by Crippen LogP contribution is -2.44. The van der Waals surface area contributed by atoms with Crippen molar-refractivity contribution < 1.29 is 9.59 Å². The number of carbonyl (C=O) groups is 2. The van der Waals surface area contributed by atoms with Crippen molar-refractivity contribution in [1.29, 1.82) is 0 Å². The summed E-state index contributed by atoms with van der Waals surface area (Å²) in [6.07, 6.45) is 0.478. The van der Waals surface area contributed by atoms with E-state index in [9.17, 15) is 9.59 Å². The van der Waals surface area contributed by atoms with Crippen LogP contribution >= 0.6 is 11.8 Å². The molecule has 20 heavy (non-hydrogen) atoms. The maximum Gasteiger partial charge on any atom is 0.247 e. The molecule has 1 aromatic rings. The van der Waals surface area contributed by atoms with Gasteiger partial charge in [0.2, 0.25) is 11.8 Å². The van der Waals surface area contributed by atoms with Gasteiger partial charge in [-0.2, -0.15) is 11.8 Å². The Labute approximate surface area is 123 Å². The summed E-state index contributed by atoms with van der Waals surface area (Å²) in [5.41, 5.74) is 1.81. The zero-order chi connectivity index (χ0) is 14.5. The van der Waals surface area contributed by atoms with Crippen LogP contribution in [0.25, 0.3) is 0 Å². The molecule has 1 atom stereocenters. The highest BCUT2D eigenvalue weighted by Crippen LogP contribution is 2.17. The Morgan fingerprint density at radius 2 is 2.05 bits per heavy atom. The molecular weight excluding hydrogens is 274 g/mol. The fourth-order valence-electron chi connectivity index (χ4n) is 1.89. The van der Waals surface area contributed by atoms with Gasteiger partial charge in [-0.3, -0.25) is 9.59 Å². The van der Waals surface area contributed by atoms with Crippen molar-refractivity contribution in [3.8, 4) is 0 Å². The molecule has 0 bridgehead atoms. The number of thioether (sulfide) groups is 1. The van der Waals surface area contributed by atoms with E-state index in [1.807, 2.05) is 43.3 Å². The number of nitrogens with one attached hydrogen (secondary N) is 2. The van der Waals surface area contributed by atoms with Gasteiger partial charge in [-0.25, -0.2) is 0 Å². The van der Waals surface area contributed by atoms with Crippen molar-refractivity contribution >= 4 is 35.0 Å². The van der Waals surface area contributed by atoms with Gasteiger partial charge < -0.3 is 15.5 Å². The minimum atomic E-state index is -0.455. The predicted molar refractivity (Wildman–Crippen MR) is 83.3 cm³/mol. The predicted octanol–water partition coefficient (Wildman–Crippen LogP) is 1.31. The average Bonchev–Trinajstić information content (AvgIpc) is 2.64. The minimum absolute atomic E-state index is 0.0573. The van der Waals surface area contributed by atoms with Gasteiger partial charge in [-0.05, 0) is 24.3 Å². The topological polar surface area (TPSA) is 61.4 Å². The normalized spacial score (nSPS) is 18.9. The number of carbonyl (C=O) groups excluding carboxylic acids is 2. The number of amides is 2. The van der Waals surface area contributed by atoms with Gasteiger partial charge in [0, 0.05) is 43.4 Å². The fourth-order valence-corrected chi connectivity index (χ4v) is 2.85. The highest BCUT2D eigenvalue weighted by atomic mass is 32.2. The maximum absolute atomic E-state index is 12.1. The number of hydrogen-bond acceptors (Lipinski definition) is 4. The molecule has 1 aliphatic heterocycles. The molecule has 0 spiro atoms. The molecule has 0 aliphatic carbocycles. The van der Waals surface area contributed by atoms with Crippen LogP contribution in [0, 0.1) is 0 Å². The molecule has 1 fully saturated rings. The van der Waals surface area contributed by atoms with E-state index in [1.54, 1.807) is 11.8 Å². The first-order valence-electron chi connectivity index (χ1n) is 6.51. The average molecular weight is 293 g/mol. The van der Waals surface area contributed by atoms with Crippen LogP contribution in [0.5, 0.6) is 0 Å². The third kappa shape index (κ3) is 3.90. The summed E-state index contributed by atoms with van der Waals surface area (Å²) < 4.78 is 0. The second kappa shape index (κ2) is 6.65. The van der Waals surface area contributed by atoms with Crippen LogP contribution < -0.4 is 15.5 Å². The quantitative estimate of drug-likeness (QED) is 0.882. The third-order valence-corrected chi connectivity index (χ3v) is 4.12. The van der Waals surface area contributed by atoms with Gasteiger partial charge in [0.1, 0.15) is 6.04 Å². The van der Waals surface area contributed by atoms with E-state index >= 15 is 0 Å². The molecule has 0 aromatic heterocycles. The standard InChI is InChI=1S/C14H19N3O2S/c1-17(2)11-5-3-10(4-6-11)15-14(19)12-9-20-8-7-13(18)16-12/h3-6,12H,7-9H2,1-2H3,(H,15,19)(H,16,18). The SMILES string of the molecule is CN(C)c1ccc(NC(=O)C2CSCCC(=O)N2)cc1. The molecule has 1 unspecified atom stereocenters. The maximum atomic E-state index is 12.1. The van der Waals surface area contributed by atoms with Crippen LogP contribution in [0.1, 0.15) is 6.42 Å². The van der Waals surface area contributed by atoms with Crippen LogP contribution in [0.4, 0.5) is 11.4 Å². The van der Waals surface area contributed by atoms with Crippen molar-refractivity contribution in [2.45, 2.75) is 12.5 Å². The summed E-state index contributed by atoms with van der Waals surface area (Å²) in [6.45, 7) is 0. The van der Waals surface area contributed by atoms with Crippen LogP contribution in [0.2, 0.25) is 0 Å². The van der Waals surface area contributed by atoms with Crippen LogP contribution in [0.15, 0.2) is 24.3 Å². The first-order valence-corrected chi connectivity index (χ1v) is 7.67. The Balaban J connectivity index is 1.98. The smallest absolute Gasteiger partial charge is 0.247 e.